The molecule has 1 fully saturated rings. The van der Waals surface area contributed by atoms with E-state index >= 15 is 0 Å². The van der Waals surface area contributed by atoms with Crippen molar-refractivity contribution in [3.8, 4) is 0 Å². The van der Waals surface area contributed by atoms with Crippen molar-refractivity contribution in [1.82, 2.24) is 15.0 Å². The number of rotatable bonds is 3. The summed E-state index contributed by atoms with van der Waals surface area (Å²) >= 11 is 0. The average molecular weight is 336 g/mol. The van der Waals surface area contributed by atoms with E-state index in [1.54, 1.807) is 36.9 Å². The van der Waals surface area contributed by atoms with Crippen molar-refractivity contribution in [2.75, 3.05) is 36.0 Å². The van der Waals surface area contributed by atoms with Crippen LogP contribution < -0.4 is 9.80 Å². The summed E-state index contributed by atoms with van der Waals surface area (Å²) in [6.07, 6.45) is 6.71. The summed E-state index contributed by atoms with van der Waals surface area (Å²) in [6, 6.07) is 7.03. The fourth-order valence-electron chi connectivity index (χ4n) is 3.20. The van der Waals surface area contributed by atoms with Gasteiger partial charge in [0.1, 0.15) is 0 Å². The molecule has 0 saturated carbocycles. The fraction of sp³-hybridized carbons (Fsp3) is 0.235. The highest BCUT2D eigenvalue weighted by Crippen LogP contribution is 2.33. The van der Waals surface area contributed by atoms with Crippen molar-refractivity contribution in [3.05, 3.63) is 59.2 Å². The molecule has 3 heterocycles. The minimum absolute atomic E-state index is 0.0863. The molecule has 0 amide bonds. The summed E-state index contributed by atoms with van der Waals surface area (Å²) in [4.78, 5) is 27.9. The quantitative estimate of drug-likeness (QED) is 0.535. The average Bonchev–Trinajstić information content (AvgIpc) is 2.68. The molecule has 0 spiro atoms. The highest BCUT2D eigenvalue weighted by molar-refractivity contribution is 5.99. The van der Waals surface area contributed by atoms with Gasteiger partial charge in [-0.15, -0.1) is 0 Å². The molecule has 0 radical (unpaired) electrons. The van der Waals surface area contributed by atoms with Crippen LogP contribution in [0, 0.1) is 10.1 Å². The lowest BCUT2D eigenvalue weighted by molar-refractivity contribution is -0.383. The maximum absolute atomic E-state index is 11.2. The fourth-order valence-corrected chi connectivity index (χ4v) is 3.20. The highest BCUT2D eigenvalue weighted by Gasteiger charge is 2.22. The molecular formula is C17H16N6O2. The summed E-state index contributed by atoms with van der Waals surface area (Å²) in [5.74, 6) is 0.736. The Hall–Kier alpha value is -3.29. The molecule has 0 aliphatic carbocycles. The van der Waals surface area contributed by atoms with Gasteiger partial charge in [0.2, 0.25) is 5.95 Å². The molecule has 0 unspecified atom stereocenters. The predicted octanol–water partition coefficient (Wildman–Crippen LogP) is 2.26. The molecule has 1 aromatic carbocycles. The van der Waals surface area contributed by atoms with Crippen LogP contribution in [0.4, 0.5) is 17.3 Å². The summed E-state index contributed by atoms with van der Waals surface area (Å²) in [6.45, 7) is 3.20. The first-order chi connectivity index (χ1) is 12.2. The van der Waals surface area contributed by atoms with E-state index in [0.29, 0.717) is 5.39 Å². The minimum atomic E-state index is -0.363. The van der Waals surface area contributed by atoms with Gasteiger partial charge in [0.15, 0.2) is 0 Å². The largest absolute Gasteiger partial charge is 0.367 e. The second-order valence-corrected chi connectivity index (χ2v) is 5.81. The van der Waals surface area contributed by atoms with E-state index in [4.69, 9.17) is 0 Å². The Balaban J connectivity index is 1.62. The zero-order valence-electron chi connectivity index (χ0n) is 13.4. The number of pyridine rings is 1. The second kappa shape index (κ2) is 6.31. The predicted molar refractivity (Wildman–Crippen MR) is 94.9 cm³/mol. The number of benzene rings is 1. The molecule has 126 valence electrons. The van der Waals surface area contributed by atoms with Gasteiger partial charge in [0.05, 0.1) is 10.3 Å². The Bertz CT molecular complexity index is 909. The van der Waals surface area contributed by atoms with Crippen LogP contribution in [0.25, 0.3) is 10.8 Å². The Morgan fingerprint density at radius 3 is 2.36 bits per heavy atom. The maximum Gasteiger partial charge on any atom is 0.278 e. The molecule has 0 atom stereocenters. The van der Waals surface area contributed by atoms with Crippen molar-refractivity contribution in [1.29, 1.82) is 0 Å². The van der Waals surface area contributed by atoms with Crippen molar-refractivity contribution in [2.24, 2.45) is 0 Å². The van der Waals surface area contributed by atoms with Gasteiger partial charge in [-0.25, -0.2) is 9.97 Å². The standard InChI is InChI=1S/C17H16N6O2/c24-23(25)16-3-2-15(13-4-7-18-12-14(13)16)21-8-10-22(11-9-21)17-19-5-1-6-20-17/h1-7,12H,8-11H2. The molecule has 4 rings (SSSR count). The van der Waals surface area contributed by atoms with Gasteiger partial charge in [-0.1, -0.05) is 0 Å². The Morgan fingerprint density at radius 2 is 1.64 bits per heavy atom. The molecular weight excluding hydrogens is 320 g/mol. The number of anilines is 2. The lowest BCUT2D eigenvalue weighted by Gasteiger charge is -2.36. The Labute approximate surface area is 143 Å². The number of fused-ring (bicyclic) bond motifs is 1. The lowest BCUT2D eigenvalue weighted by atomic mass is 10.1. The van der Waals surface area contributed by atoms with Crippen LogP contribution in [-0.2, 0) is 0 Å². The van der Waals surface area contributed by atoms with Crippen molar-refractivity contribution >= 4 is 28.1 Å². The number of nitro groups is 1. The van der Waals surface area contributed by atoms with Gasteiger partial charge >= 0.3 is 0 Å². The van der Waals surface area contributed by atoms with E-state index < -0.39 is 0 Å². The molecule has 25 heavy (non-hydrogen) atoms. The number of non-ortho nitro benzene ring substituents is 1. The first-order valence-corrected chi connectivity index (χ1v) is 8.02. The van der Waals surface area contributed by atoms with Gasteiger partial charge in [-0.2, -0.15) is 0 Å². The summed E-state index contributed by atoms with van der Waals surface area (Å²) in [5.41, 5.74) is 1.08. The number of hydrogen-bond donors (Lipinski definition) is 0. The van der Waals surface area contributed by atoms with Gasteiger partial charge in [0, 0.05) is 68.1 Å². The molecule has 0 bridgehead atoms. The van der Waals surface area contributed by atoms with Crippen LogP contribution in [0.3, 0.4) is 0 Å². The molecule has 1 aliphatic rings. The van der Waals surface area contributed by atoms with Crippen LogP contribution in [0.2, 0.25) is 0 Å². The number of aromatic nitrogens is 3. The van der Waals surface area contributed by atoms with Crippen LogP contribution in [0.15, 0.2) is 49.1 Å². The first kappa shape index (κ1) is 15.3. The molecule has 2 aromatic heterocycles. The van der Waals surface area contributed by atoms with Crippen molar-refractivity contribution in [2.45, 2.75) is 0 Å². The number of nitro benzene ring substituents is 1. The number of hydrogen-bond acceptors (Lipinski definition) is 7. The SMILES string of the molecule is O=[N+]([O-])c1ccc(N2CCN(c3ncccn3)CC2)c2ccncc12. The maximum atomic E-state index is 11.2. The summed E-state index contributed by atoms with van der Waals surface area (Å²) in [7, 11) is 0. The lowest BCUT2D eigenvalue weighted by Crippen LogP contribution is -2.47. The van der Waals surface area contributed by atoms with Gasteiger partial charge in [-0.3, -0.25) is 15.1 Å². The monoisotopic (exact) mass is 336 g/mol. The van der Waals surface area contributed by atoms with Gasteiger partial charge < -0.3 is 9.80 Å². The van der Waals surface area contributed by atoms with E-state index in [1.807, 2.05) is 12.1 Å². The molecule has 3 aromatic rings. The van der Waals surface area contributed by atoms with E-state index in [0.717, 1.165) is 43.2 Å². The van der Waals surface area contributed by atoms with E-state index in [9.17, 15) is 10.1 Å². The number of nitrogens with zero attached hydrogens (tertiary/aromatic N) is 6. The summed E-state index contributed by atoms with van der Waals surface area (Å²) < 4.78 is 0. The van der Waals surface area contributed by atoms with Crippen LogP contribution in [-0.4, -0.2) is 46.1 Å². The molecule has 8 heteroatoms. The van der Waals surface area contributed by atoms with Crippen molar-refractivity contribution in [3.63, 3.8) is 0 Å². The third kappa shape index (κ3) is 2.82. The first-order valence-electron chi connectivity index (χ1n) is 8.02. The molecule has 0 N–H and O–H groups in total. The van der Waals surface area contributed by atoms with Gasteiger partial charge in [0.25, 0.3) is 5.69 Å². The normalized spacial score (nSPS) is 14.7. The number of piperazine rings is 1. The smallest absolute Gasteiger partial charge is 0.278 e. The third-order valence-corrected chi connectivity index (χ3v) is 4.42. The van der Waals surface area contributed by atoms with Crippen molar-refractivity contribution < 1.29 is 4.92 Å². The van der Waals surface area contributed by atoms with Gasteiger partial charge in [-0.05, 0) is 18.2 Å². The van der Waals surface area contributed by atoms with Crippen LogP contribution >= 0.6 is 0 Å². The van der Waals surface area contributed by atoms with E-state index in [-0.39, 0.29) is 10.6 Å². The zero-order chi connectivity index (χ0) is 17.2. The highest BCUT2D eigenvalue weighted by atomic mass is 16.6. The molecule has 1 aliphatic heterocycles. The zero-order valence-corrected chi connectivity index (χ0v) is 13.4. The Kier molecular flexibility index (Phi) is 3.85. The van der Waals surface area contributed by atoms with E-state index in [2.05, 4.69) is 24.8 Å². The minimum Gasteiger partial charge on any atom is -0.367 e. The third-order valence-electron chi connectivity index (χ3n) is 4.42. The van der Waals surface area contributed by atoms with Crippen LogP contribution in [0.5, 0.6) is 0 Å². The molecule has 1 saturated heterocycles. The second-order valence-electron chi connectivity index (χ2n) is 5.81. The topological polar surface area (TPSA) is 88.3 Å². The Morgan fingerprint density at radius 1 is 0.920 bits per heavy atom. The van der Waals surface area contributed by atoms with E-state index in [1.165, 1.54) is 0 Å². The molecule has 8 nitrogen and oxygen atoms in total. The van der Waals surface area contributed by atoms with Crippen LogP contribution in [0.1, 0.15) is 0 Å². The summed E-state index contributed by atoms with van der Waals surface area (Å²) in [5, 5.41) is 12.7.